The lowest BCUT2D eigenvalue weighted by atomic mass is 10.1. The maximum absolute atomic E-state index is 8.93. The van der Waals surface area contributed by atoms with E-state index in [-0.39, 0.29) is 0 Å². The highest BCUT2D eigenvalue weighted by Crippen LogP contribution is 2.09. The molecule has 0 aromatic heterocycles. The summed E-state index contributed by atoms with van der Waals surface area (Å²) in [6.45, 7) is 6.72. The van der Waals surface area contributed by atoms with E-state index >= 15 is 0 Å². The molecule has 0 spiro atoms. The van der Waals surface area contributed by atoms with Crippen LogP contribution in [0.3, 0.4) is 0 Å². The molecule has 0 aliphatic heterocycles. The lowest BCUT2D eigenvalue weighted by Crippen LogP contribution is -2.42. The van der Waals surface area contributed by atoms with E-state index in [4.69, 9.17) is 10.2 Å². The van der Waals surface area contributed by atoms with Gasteiger partial charge < -0.3 is 10.2 Å². The van der Waals surface area contributed by atoms with Crippen molar-refractivity contribution in [3.05, 3.63) is 0 Å². The molecule has 3 nitrogen and oxygen atoms in total. The minimum atomic E-state index is -1.30. The zero-order valence-corrected chi connectivity index (χ0v) is 7.62. The van der Waals surface area contributed by atoms with Crippen LogP contribution in [0.1, 0.15) is 33.6 Å². The first-order valence-electron chi connectivity index (χ1n) is 4.29. The predicted molar refractivity (Wildman–Crippen MR) is 45.0 cm³/mol. The second-order valence-corrected chi connectivity index (χ2v) is 2.65. The zero-order chi connectivity index (χ0) is 8.85. The highest BCUT2D eigenvalue weighted by atomic mass is 16.5. The van der Waals surface area contributed by atoms with E-state index < -0.39 is 6.41 Å². The Kier molecular flexibility index (Phi) is 5.46. The van der Waals surface area contributed by atoms with Gasteiger partial charge >= 0.3 is 0 Å². The molecule has 0 unspecified atom stereocenters. The molecule has 0 radical (unpaired) electrons. The first-order valence-corrected chi connectivity index (χ1v) is 4.29. The average Bonchev–Trinajstić information content (AvgIpc) is 1.99. The van der Waals surface area contributed by atoms with Crippen molar-refractivity contribution in [3.63, 3.8) is 0 Å². The Labute approximate surface area is 68.6 Å². The Bertz CT molecular complexity index is 92.1. The summed E-state index contributed by atoms with van der Waals surface area (Å²) in [7, 11) is 0. The van der Waals surface area contributed by atoms with Crippen LogP contribution in [0.5, 0.6) is 0 Å². The highest BCUT2D eigenvalue weighted by Gasteiger charge is 2.17. The Morgan fingerprint density at radius 2 is 1.55 bits per heavy atom. The SMILES string of the molecule is CCC(CC)N(CC)C(O)O. The quantitative estimate of drug-likeness (QED) is 0.585. The van der Waals surface area contributed by atoms with Gasteiger partial charge in [0.05, 0.1) is 0 Å². The van der Waals surface area contributed by atoms with E-state index in [2.05, 4.69) is 13.8 Å². The van der Waals surface area contributed by atoms with Gasteiger partial charge in [-0.05, 0) is 12.8 Å². The van der Waals surface area contributed by atoms with Crippen molar-refractivity contribution < 1.29 is 10.2 Å². The number of nitrogens with zero attached hydrogens (tertiary/aromatic N) is 1. The number of rotatable bonds is 5. The van der Waals surface area contributed by atoms with Crippen LogP contribution in [-0.2, 0) is 0 Å². The summed E-state index contributed by atoms with van der Waals surface area (Å²) in [5, 5.41) is 17.9. The molecule has 0 rings (SSSR count). The van der Waals surface area contributed by atoms with Crippen LogP contribution < -0.4 is 0 Å². The summed E-state index contributed by atoms with van der Waals surface area (Å²) < 4.78 is 0. The molecule has 0 aliphatic rings. The molecule has 0 aromatic carbocycles. The van der Waals surface area contributed by atoms with Gasteiger partial charge in [0, 0.05) is 12.6 Å². The van der Waals surface area contributed by atoms with Crippen LogP contribution >= 0.6 is 0 Å². The standard InChI is InChI=1S/C8H19NO2/c1-4-7(5-2)9(6-3)8(10)11/h7-8,10-11H,4-6H2,1-3H3. The molecule has 0 saturated carbocycles. The van der Waals surface area contributed by atoms with Gasteiger partial charge in [-0.15, -0.1) is 0 Å². The highest BCUT2D eigenvalue weighted by molar-refractivity contribution is 4.65. The molecular formula is C8H19NO2. The van der Waals surface area contributed by atoms with Crippen molar-refractivity contribution in [2.75, 3.05) is 6.54 Å². The van der Waals surface area contributed by atoms with E-state index in [9.17, 15) is 0 Å². The monoisotopic (exact) mass is 161 g/mol. The minimum absolute atomic E-state index is 0.292. The summed E-state index contributed by atoms with van der Waals surface area (Å²) >= 11 is 0. The fraction of sp³-hybridized carbons (Fsp3) is 1.00. The van der Waals surface area contributed by atoms with Crippen LogP contribution in [0.25, 0.3) is 0 Å². The van der Waals surface area contributed by atoms with Gasteiger partial charge in [-0.3, -0.25) is 4.90 Å². The molecule has 0 atom stereocenters. The van der Waals surface area contributed by atoms with Gasteiger partial charge in [0.25, 0.3) is 0 Å². The Morgan fingerprint density at radius 1 is 1.09 bits per heavy atom. The fourth-order valence-electron chi connectivity index (χ4n) is 1.37. The van der Waals surface area contributed by atoms with E-state index in [1.807, 2.05) is 6.92 Å². The molecule has 2 N–H and O–H groups in total. The maximum Gasteiger partial charge on any atom is 0.213 e. The summed E-state index contributed by atoms with van der Waals surface area (Å²) in [5.41, 5.74) is 0. The van der Waals surface area contributed by atoms with Crippen LogP contribution in [0.2, 0.25) is 0 Å². The van der Waals surface area contributed by atoms with Crippen molar-refractivity contribution in [2.45, 2.75) is 46.1 Å². The molecule has 0 heterocycles. The first-order chi connectivity index (χ1) is 5.17. The molecule has 0 saturated heterocycles. The van der Waals surface area contributed by atoms with Crippen molar-refractivity contribution in [1.82, 2.24) is 4.90 Å². The van der Waals surface area contributed by atoms with E-state index in [0.717, 1.165) is 12.8 Å². The average molecular weight is 161 g/mol. The molecule has 0 bridgehead atoms. The molecule has 0 aliphatic carbocycles. The molecule has 0 amide bonds. The van der Waals surface area contributed by atoms with E-state index in [1.165, 1.54) is 0 Å². The summed E-state index contributed by atoms with van der Waals surface area (Å²) in [6.07, 6.45) is 0.620. The number of aliphatic hydroxyl groups is 2. The van der Waals surface area contributed by atoms with Gasteiger partial charge in [0.2, 0.25) is 6.41 Å². The maximum atomic E-state index is 8.93. The largest absolute Gasteiger partial charge is 0.356 e. The Morgan fingerprint density at radius 3 is 1.64 bits per heavy atom. The van der Waals surface area contributed by atoms with Crippen molar-refractivity contribution in [3.8, 4) is 0 Å². The number of hydrogen-bond acceptors (Lipinski definition) is 3. The number of aliphatic hydroxyl groups excluding tert-OH is 1. The minimum Gasteiger partial charge on any atom is -0.356 e. The van der Waals surface area contributed by atoms with E-state index in [0.29, 0.717) is 12.6 Å². The van der Waals surface area contributed by atoms with E-state index in [1.54, 1.807) is 4.90 Å². The number of hydrogen-bond donors (Lipinski definition) is 2. The third-order valence-electron chi connectivity index (χ3n) is 2.07. The van der Waals surface area contributed by atoms with Crippen molar-refractivity contribution in [1.29, 1.82) is 0 Å². The molecule has 0 fully saturated rings. The molecule has 3 heteroatoms. The second-order valence-electron chi connectivity index (χ2n) is 2.65. The lowest BCUT2D eigenvalue weighted by Gasteiger charge is -2.30. The Hall–Kier alpha value is -0.120. The smallest absolute Gasteiger partial charge is 0.213 e. The van der Waals surface area contributed by atoms with Gasteiger partial charge in [-0.1, -0.05) is 20.8 Å². The van der Waals surface area contributed by atoms with Gasteiger partial charge in [0.1, 0.15) is 0 Å². The second kappa shape index (κ2) is 5.52. The summed E-state index contributed by atoms with van der Waals surface area (Å²) in [5.74, 6) is 0. The zero-order valence-electron chi connectivity index (χ0n) is 7.62. The van der Waals surface area contributed by atoms with Gasteiger partial charge in [-0.25, -0.2) is 0 Å². The normalized spacial score (nSPS) is 12.0. The molecular weight excluding hydrogens is 142 g/mol. The van der Waals surface area contributed by atoms with Crippen LogP contribution in [-0.4, -0.2) is 34.1 Å². The third kappa shape index (κ3) is 3.18. The molecule has 11 heavy (non-hydrogen) atoms. The lowest BCUT2D eigenvalue weighted by molar-refractivity contribution is -0.169. The first kappa shape index (κ1) is 10.9. The molecule has 0 aromatic rings. The third-order valence-corrected chi connectivity index (χ3v) is 2.07. The summed E-state index contributed by atoms with van der Waals surface area (Å²) in [4.78, 5) is 1.68. The predicted octanol–water partition coefficient (Wildman–Crippen LogP) is 0.765. The van der Waals surface area contributed by atoms with Crippen molar-refractivity contribution >= 4 is 0 Å². The summed E-state index contributed by atoms with van der Waals surface area (Å²) in [6, 6.07) is 0.292. The molecule has 68 valence electrons. The van der Waals surface area contributed by atoms with Crippen LogP contribution in [0.4, 0.5) is 0 Å². The van der Waals surface area contributed by atoms with Crippen LogP contribution in [0.15, 0.2) is 0 Å². The Balaban J connectivity index is 3.98. The van der Waals surface area contributed by atoms with Crippen LogP contribution in [0, 0.1) is 0 Å². The van der Waals surface area contributed by atoms with Crippen molar-refractivity contribution in [2.24, 2.45) is 0 Å². The topological polar surface area (TPSA) is 43.7 Å². The fourth-order valence-corrected chi connectivity index (χ4v) is 1.37. The van der Waals surface area contributed by atoms with Gasteiger partial charge in [-0.2, -0.15) is 0 Å². The van der Waals surface area contributed by atoms with Gasteiger partial charge in [0.15, 0.2) is 0 Å².